The number of aromatic nitrogens is 1. The summed E-state index contributed by atoms with van der Waals surface area (Å²) < 4.78 is 16.1. The fourth-order valence-corrected chi connectivity index (χ4v) is 2.63. The van der Waals surface area contributed by atoms with Crippen LogP contribution in [0.5, 0.6) is 11.6 Å². The van der Waals surface area contributed by atoms with Gasteiger partial charge >= 0.3 is 5.97 Å². The fourth-order valence-electron chi connectivity index (χ4n) is 2.63. The van der Waals surface area contributed by atoms with Crippen molar-refractivity contribution in [2.24, 2.45) is 0 Å². The van der Waals surface area contributed by atoms with E-state index in [4.69, 9.17) is 14.2 Å². The maximum absolute atomic E-state index is 12.1. The van der Waals surface area contributed by atoms with Gasteiger partial charge in [-0.05, 0) is 42.3 Å². The lowest BCUT2D eigenvalue weighted by atomic mass is 10.1. The highest BCUT2D eigenvalue weighted by Gasteiger charge is 2.06. The Hall–Kier alpha value is -3.93. The van der Waals surface area contributed by atoms with Crippen LogP contribution in [-0.4, -0.2) is 30.0 Å². The molecule has 6 nitrogen and oxygen atoms in total. The molecule has 0 atom stereocenters. The molecule has 0 saturated heterocycles. The number of hydrogen-bond donors (Lipinski definition) is 0. The normalized spacial score (nSPS) is 10.6. The van der Waals surface area contributed by atoms with E-state index in [-0.39, 0.29) is 18.4 Å². The minimum atomic E-state index is -0.389. The molecule has 0 aliphatic rings. The molecule has 0 radical (unpaired) electrons. The molecule has 3 rings (SSSR count). The molecule has 0 aliphatic carbocycles. The second-order valence-corrected chi connectivity index (χ2v) is 6.53. The highest BCUT2D eigenvalue weighted by atomic mass is 16.5. The molecule has 0 bridgehead atoms. The number of ether oxygens (including phenoxy) is 3. The molecule has 2 aromatic carbocycles. The summed E-state index contributed by atoms with van der Waals surface area (Å²) in [6.07, 6.45) is 4.61. The predicted octanol–water partition coefficient (Wildman–Crippen LogP) is 4.50. The zero-order valence-corrected chi connectivity index (χ0v) is 17.2. The number of ketones is 1. The van der Waals surface area contributed by atoms with Gasteiger partial charge in [-0.2, -0.15) is 0 Å². The molecule has 158 valence electrons. The molecule has 1 aromatic heterocycles. The number of esters is 1. The Morgan fingerprint density at radius 2 is 1.71 bits per heavy atom. The smallest absolute Gasteiger partial charge is 0.330 e. The number of Topliss-reactive ketones (excluding diaryl/α,β-unsaturated/α-hetero) is 1. The summed E-state index contributed by atoms with van der Waals surface area (Å²) in [6, 6.07) is 19.9. The minimum absolute atomic E-state index is 0.0132. The van der Waals surface area contributed by atoms with E-state index in [0.717, 1.165) is 11.1 Å². The van der Waals surface area contributed by atoms with E-state index < -0.39 is 0 Å². The number of hydrogen-bond acceptors (Lipinski definition) is 6. The van der Waals surface area contributed by atoms with Gasteiger partial charge in [0.2, 0.25) is 5.88 Å². The molecule has 0 N–H and O–H groups in total. The standard InChI is InChI=1S/C25H23NO5/c1-2-29-25(28)15-11-19-10-14-24(26-16-19)31-17-20-8-12-22(13-9-20)30-18-23(27)21-6-4-3-5-7-21/h3-16H,2,17-18H2,1H3. The van der Waals surface area contributed by atoms with Crippen molar-refractivity contribution in [1.82, 2.24) is 4.98 Å². The average Bonchev–Trinajstić information content (AvgIpc) is 2.82. The quantitative estimate of drug-likeness (QED) is 0.275. The second kappa shape index (κ2) is 11.3. The van der Waals surface area contributed by atoms with Crippen LogP contribution in [0.15, 0.2) is 79.0 Å². The Morgan fingerprint density at radius 3 is 2.39 bits per heavy atom. The molecular formula is C25H23NO5. The SMILES string of the molecule is CCOC(=O)C=Cc1ccc(OCc2ccc(OCC(=O)c3ccccc3)cc2)nc1. The van der Waals surface area contributed by atoms with Gasteiger partial charge in [0.15, 0.2) is 12.4 Å². The van der Waals surface area contributed by atoms with Gasteiger partial charge in [-0.25, -0.2) is 9.78 Å². The summed E-state index contributed by atoms with van der Waals surface area (Å²) in [6.45, 7) is 2.43. The molecule has 0 aliphatic heterocycles. The average molecular weight is 417 g/mol. The van der Waals surface area contributed by atoms with Crippen LogP contribution in [0.4, 0.5) is 0 Å². The van der Waals surface area contributed by atoms with Gasteiger partial charge < -0.3 is 14.2 Å². The van der Waals surface area contributed by atoms with Crippen LogP contribution in [-0.2, 0) is 16.1 Å². The first-order valence-corrected chi connectivity index (χ1v) is 9.87. The summed E-state index contributed by atoms with van der Waals surface area (Å²) in [4.78, 5) is 27.6. The maximum atomic E-state index is 12.1. The zero-order chi connectivity index (χ0) is 21.9. The number of carbonyl (C=O) groups is 2. The van der Waals surface area contributed by atoms with Crippen LogP contribution in [0.25, 0.3) is 6.08 Å². The van der Waals surface area contributed by atoms with Crippen LogP contribution in [0.3, 0.4) is 0 Å². The minimum Gasteiger partial charge on any atom is -0.485 e. The van der Waals surface area contributed by atoms with Crippen molar-refractivity contribution in [3.63, 3.8) is 0 Å². The first-order valence-electron chi connectivity index (χ1n) is 9.87. The molecular weight excluding hydrogens is 394 g/mol. The van der Waals surface area contributed by atoms with Gasteiger partial charge in [0.05, 0.1) is 6.61 Å². The van der Waals surface area contributed by atoms with E-state index in [1.165, 1.54) is 6.08 Å². The number of carbonyl (C=O) groups excluding carboxylic acids is 2. The fraction of sp³-hybridized carbons (Fsp3) is 0.160. The van der Waals surface area contributed by atoms with Crippen molar-refractivity contribution in [3.05, 3.63) is 95.7 Å². The molecule has 1 heterocycles. The molecule has 0 unspecified atom stereocenters. The molecule has 31 heavy (non-hydrogen) atoms. The van der Waals surface area contributed by atoms with Crippen LogP contribution >= 0.6 is 0 Å². The number of pyridine rings is 1. The lowest BCUT2D eigenvalue weighted by Crippen LogP contribution is -2.11. The molecule has 0 amide bonds. The molecule has 3 aromatic rings. The van der Waals surface area contributed by atoms with Crippen LogP contribution in [0.1, 0.15) is 28.4 Å². The van der Waals surface area contributed by atoms with E-state index in [0.29, 0.717) is 30.4 Å². The molecule has 6 heteroatoms. The third-order valence-corrected chi connectivity index (χ3v) is 4.23. The Balaban J connectivity index is 1.45. The highest BCUT2D eigenvalue weighted by molar-refractivity contribution is 5.97. The first-order chi connectivity index (χ1) is 15.1. The monoisotopic (exact) mass is 417 g/mol. The van der Waals surface area contributed by atoms with E-state index in [2.05, 4.69) is 4.98 Å². The van der Waals surface area contributed by atoms with Crippen molar-refractivity contribution >= 4 is 17.8 Å². The lowest BCUT2D eigenvalue weighted by Gasteiger charge is -2.08. The van der Waals surface area contributed by atoms with E-state index in [1.807, 2.05) is 30.3 Å². The molecule has 0 spiro atoms. The number of benzene rings is 2. The largest absolute Gasteiger partial charge is 0.485 e. The van der Waals surface area contributed by atoms with Crippen molar-refractivity contribution in [1.29, 1.82) is 0 Å². The van der Waals surface area contributed by atoms with Crippen molar-refractivity contribution < 1.29 is 23.8 Å². The summed E-state index contributed by atoms with van der Waals surface area (Å²) >= 11 is 0. The van der Waals surface area contributed by atoms with Crippen LogP contribution < -0.4 is 9.47 Å². The Kier molecular flexibility index (Phi) is 7.94. The summed E-state index contributed by atoms with van der Waals surface area (Å²) in [5, 5.41) is 0. The van der Waals surface area contributed by atoms with Gasteiger partial charge in [0, 0.05) is 23.9 Å². The molecule has 0 fully saturated rings. The van der Waals surface area contributed by atoms with Gasteiger partial charge in [-0.15, -0.1) is 0 Å². The summed E-state index contributed by atoms with van der Waals surface area (Å²) in [7, 11) is 0. The van der Waals surface area contributed by atoms with Crippen molar-refractivity contribution in [2.45, 2.75) is 13.5 Å². The summed E-state index contributed by atoms with van der Waals surface area (Å²) in [5.41, 5.74) is 2.34. The zero-order valence-electron chi connectivity index (χ0n) is 17.2. The third-order valence-electron chi connectivity index (χ3n) is 4.23. The predicted molar refractivity (Wildman–Crippen MR) is 117 cm³/mol. The Bertz CT molecular complexity index is 1010. The summed E-state index contributed by atoms with van der Waals surface area (Å²) in [5.74, 6) is 0.630. The van der Waals surface area contributed by atoms with E-state index in [1.54, 1.807) is 55.6 Å². The Morgan fingerprint density at radius 1 is 0.935 bits per heavy atom. The van der Waals surface area contributed by atoms with Gasteiger partial charge in [-0.3, -0.25) is 4.79 Å². The Labute approximate surface area is 181 Å². The van der Waals surface area contributed by atoms with Gasteiger partial charge in [0.25, 0.3) is 0 Å². The molecule has 0 saturated carbocycles. The van der Waals surface area contributed by atoms with Crippen LogP contribution in [0, 0.1) is 0 Å². The number of rotatable bonds is 10. The van der Waals surface area contributed by atoms with E-state index >= 15 is 0 Å². The van der Waals surface area contributed by atoms with Crippen LogP contribution in [0.2, 0.25) is 0 Å². The second-order valence-electron chi connectivity index (χ2n) is 6.53. The topological polar surface area (TPSA) is 74.7 Å². The lowest BCUT2D eigenvalue weighted by molar-refractivity contribution is -0.137. The first kappa shape index (κ1) is 21.8. The van der Waals surface area contributed by atoms with Gasteiger partial charge in [0.1, 0.15) is 12.4 Å². The van der Waals surface area contributed by atoms with Crippen molar-refractivity contribution in [2.75, 3.05) is 13.2 Å². The van der Waals surface area contributed by atoms with Gasteiger partial charge in [-0.1, -0.05) is 42.5 Å². The third kappa shape index (κ3) is 7.12. The highest BCUT2D eigenvalue weighted by Crippen LogP contribution is 2.15. The van der Waals surface area contributed by atoms with E-state index in [9.17, 15) is 9.59 Å². The van der Waals surface area contributed by atoms with Crippen molar-refractivity contribution in [3.8, 4) is 11.6 Å². The number of nitrogens with zero attached hydrogens (tertiary/aromatic N) is 1. The maximum Gasteiger partial charge on any atom is 0.330 e.